The van der Waals surface area contributed by atoms with Gasteiger partial charge in [0.2, 0.25) is 5.91 Å². The van der Waals surface area contributed by atoms with Crippen LogP contribution in [0, 0.1) is 11.8 Å². The van der Waals surface area contributed by atoms with Gasteiger partial charge in [0.1, 0.15) is 0 Å². The minimum Gasteiger partial charge on any atom is -0.481 e. The summed E-state index contributed by atoms with van der Waals surface area (Å²) in [6.07, 6.45) is 3.87. The molecule has 0 radical (unpaired) electrons. The summed E-state index contributed by atoms with van der Waals surface area (Å²) >= 11 is 0. The predicted octanol–water partition coefficient (Wildman–Crippen LogP) is 2.77. The molecule has 0 aromatic carbocycles. The van der Waals surface area contributed by atoms with Gasteiger partial charge >= 0.3 is 5.97 Å². The topological polar surface area (TPSA) is 57.6 Å². The second kappa shape index (κ2) is 8.95. The Morgan fingerprint density at radius 1 is 1.22 bits per heavy atom. The van der Waals surface area contributed by atoms with Crippen molar-refractivity contribution in [3.63, 3.8) is 0 Å². The number of hydrogen-bond donors (Lipinski definition) is 1. The minimum absolute atomic E-state index is 0.0471. The quantitative estimate of drug-likeness (QED) is 0.691. The highest BCUT2D eigenvalue weighted by Gasteiger charge is 2.24. The van der Waals surface area contributed by atoms with Crippen LogP contribution in [0.4, 0.5) is 0 Å². The molecule has 0 aliphatic carbocycles. The molecule has 0 aliphatic rings. The van der Waals surface area contributed by atoms with Gasteiger partial charge in [0.25, 0.3) is 0 Å². The molecule has 4 heteroatoms. The summed E-state index contributed by atoms with van der Waals surface area (Å²) in [6, 6.07) is 0. The highest BCUT2D eigenvalue weighted by molar-refractivity contribution is 5.79. The third-order valence-electron chi connectivity index (χ3n) is 3.36. The van der Waals surface area contributed by atoms with Crippen molar-refractivity contribution in [2.24, 2.45) is 11.8 Å². The first-order valence-corrected chi connectivity index (χ1v) is 6.99. The average Bonchev–Trinajstić information content (AvgIpc) is 2.35. The van der Waals surface area contributed by atoms with Gasteiger partial charge in [-0.25, -0.2) is 0 Å². The number of hydrogen-bond acceptors (Lipinski definition) is 2. The van der Waals surface area contributed by atoms with E-state index < -0.39 is 11.9 Å². The minimum atomic E-state index is -0.845. The number of carbonyl (C=O) groups excluding carboxylic acids is 1. The van der Waals surface area contributed by atoms with Crippen molar-refractivity contribution in [2.45, 2.75) is 53.4 Å². The van der Waals surface area contributed by atoms with Crippen LogP contribution in [0.15, 0.2) is 0 Å². The molecule has 0 aromatic heterocycles. The van der Waals surface area contributed by atoms with Crippen LogP contribution >= 0.6 is 0 Å². The molecule has 2 atom stereocenters. The molecule has 1 amide bonds. The highest BCUT2D eigenvalue weighted by atomic mass is 16.4. The molecule has 0 rings (SSSR count). The van der Waals surface area contributed by atoms with Gasteiger partial charge in [-0.1, -0.05) is 33.6 Å². The van der Waals surface area contributed by atoms with Gasteiger partial charge in [-0.05, 0) is 19.8 Å². The van der Waals surface area contributed by atoms with Crippen molar-refractivity contribution in [3.05, 3.63) is 0 Å². The number of aliphatic carboxylic acids is 1. The van der Waals surface area contributed by atoms with Crippen LogP contribution in [-0.2, 0) is 9.59 Å². The third kappa shape index (κ3) is 5.52. The molecule has 0 bridgehead atoms. The molecule has 0 heterocycles. The largest absolute Gasteiger partial charge is 0.481 e. The zero-order valence-electron chi connectivity index (χ0n) is 12.1. The lowest BCUT2D eigenvalue weighted by Gasteiger charge is -2.27. The van der Waals surface area contributed by atoms with Crippen LogP contribution in [0.5, 0.6) is 0 Å². The summed E-state index contributed by atoms with van der Waals surface area (Å²) in [5.41, 5.74) is 0. The van der Waals surface area contributed by atoms with Crippen molar-refractivity contribution in [3.8, 4) is 0 Å². The van der Waals surface area contributed by atoms with E-state index in [0.717, 1.165) is 25.7 Å². The fraction of sp³-hybridized carbons (Fsp3) is 0.857. The number of rotatable bonds is 9. The van der Waals surface area contributed by atoms with Gasteiger partial charge in [-0.3, -0.25) is 9.59 Å². The Labute approximate surface area is 110 Å². The van der Waals surface area contributed by atoms with E-state index in [9.17, 15) is 9.59 Å². The van der Waals surface area contributed by atoms with E-state index >= 15 is 0 Å². The first kappa shape index (κ1) is 16.9. The van der Waals surface area contributed by atoms with Crippen LogP contribution in [0.3, 0.4) is 0 Å². The molecule has 0 aliphatic heterocycles. The number of unbranched alkanes of at least 4 members (excludes halogenated alkanes) is 1. The summed E-state index contributed by atoms with van der Waals surface area (Å²) in [5, 5.41) is 8.91. The first-order chi connectivity index (χ1) is 8.47. The Morgan fingerprint density at radius 2 is 1.83 bits per heavy atom. The lowest BCUT2D eigenvalue weighted by Crippen LogP contribution is -2.40. The Bertz CT molecular complexity index is 266. The standard InChI is InChI=1S/C14H27NO3/c1-5-8-9-12(6-2)13(16)15(7-3)10-11(4)14(17)18/h11-12H,5-10H2,1-4H3,(H,17,18). The number of carbonyl (C=O) groups is 2. The van der Waals surface area contributed by atoms with Crippen molar-refractivity contribution < 1.29 is 14.7 Å². The highest BCUT2D eigenvalue weighted by Crippen LogP contribution is 2.16. The molecule has 106 valence electrons. The Hall–Kier alpha value is -1.06. The smallest absolute Gasteiger partial charge is 0.308 e. The molecule has 0 saturated heterocycles. The number of nitrogens with zero attached hydrogens (tertiary/aromatic N) is 1. The van der Waals surface area contributed by atoms with Crippen LogP contribution < -0.4 is 0 Å². The van der Waals surface area contributed by atoms with Gasteiger partial charge in [0, 0.05) is 19.0 Å². The summed E-state index contributed by atoms with van der Waals surface area (Å²) < 4.78 is 0. The number of amides is 1. The maximum atomic E-state index is 12.3. The zero-order chi connectivity index (χ0) is 14.1. The third-order valence-corrected chi connectivity index (χ3v) is 3.36. The molecule has 1 N–H and O–H groups in total. The normalized spacial score (nSPS) is 14.0. The summed E-state index contributed by atoms with van der Waals surface area (Å²) in [7, 11) is 0. The van der Waals surface area contributed by atoms with Gasteiger partial charge < -0.3 is 10.0 Å². The lowest BCUT2D eigenvalue weighted by atomic mass is 9.97. The van der Waals surface area contributed by atoms with Gasteiger partial charge in [0.05, 0.1) is 5.92 Å². The maximum Gasteiger partial charge on any atom is 0.308 e. The lowest BCUT2D eigenvalue weighted by molar-refractivity contribution is -0.144. The fourth-order valence-electron chi connectivity index (χ4n) is 1.99. The van der Waals surface area contributed by atoms with E-state index in [0.29, 0.717) is 13.1 Å². The summed E-state index contributed by atoms with van der Waals surface area (Å²) in [6.45, 7) is 8.57. The van der Waals surface area contributed by atoms with E-state index in [1.807, 2.05) is 13.8 Å². The van der Waals surface area contributed by atoms with Crippen molar-refractivity contribution in [2.75, 3.05) is 13.1 Å². The Kier molecular flexibility index (Phi) is 8.42. The molecule has 0 spiro atoms. The van der Waals surface area contributed by atoms with Crippen molar-refractivity contribution >= 4 is 11.9 Å². The second-order valence-electron chi connectivity index (χ2n) is 4.86. The van der Waals surface area contributed by atoms with Crippen LogP contribution in [0.25, 0.3) is 0 Å². The fourth-order valence-corrected chi connectivity index (χ4v) is 1.99. The average molecular weight is 257 g/mol. The molecule has 2 unspecified atom stereocenters. The second-order valence-corrected chi connectivity index (χ2v) is 4.86. The molecule has 0 aromatic rings. The Balaban J connectivity index is 4.51. The molecular weight excluding hydrogens is 230 g/mol. The van der Waals surface area contributed by atoms with E-state index in [1.165, 1.54) is 0 Å². The van der Waals surface area contributed by atoms with Gasteiger partial charge in [-0.15, -0.1) is 0 Å². The monoisotopic (exact) mass is 257 g/mol. The number of carboxylic acid groups (broad SMARTS) is 1. The summed E-state index contributed by atoms with van der Waals surface area (Å²) in [5.74, 6) is -1.19. The molecule has 0 saturated carbocycles. The van der Waals surface area contributed by atoms with E-state index in [-0.39, 0.29) is 11.8 Å². The van der Waals surface area contributed by atoms with Crippen LogP contribution in [0.1, 0.15) is 53.4 Å². The molecular formula is C14H27NO3. The molecule has 18 heavy (non-hydrogen) atoms. The van der Waals surface area contributed by atoms with Gasteiger partial charge in [0.15, 0.2) is 0 Å². The van der Waals surface area contributed by atoms with E-state index in [2.05, 4.69) is 6.92 Å². The van der Waals surface area contributed by atoms with Crippen LogP contribution in [0.2, 0.25) is 0 Å². The molecule has 4 nitrogen and oxygen atoms in total. The first-order valence-electron chi connectivity index (χ1n) is 6.99. The Morgan fingerprint density at radius 3 is 2.22 bits per heavy atom. The van der Waals surface area contributed by atoms with Crippen molar-refractivity contribution in [1.29, 1.82) is 0 Å². The molecule has 0 fully saturated rings. The summed E-state index contributed by atoms with van der Waals surface area (Å²) in [4.78, 5) is 24.8. The number of carboxylic acids is 1. The van der Waals surface area contributed by atoms with Gasteiger partial charge in [-0.2, -0.15) is 0 Å². The van der Waals surface area contributed by atoms with Crippen molar-refractivity contribution in [1.82, 2.24) is 4.90 Å². The predicted molar refractivity (Wildman–Crippen MR) is 72.4 cm³/mol. The SMILES string of the molecule is CCCCC(CC)C(=O)N(CC)CC(C)C(=O)O. The maximum absolute atomic E-state index is 12.3. The van der Waals surface area contributed by atoms with E-state index in [4.69, 9.17) is 5.11 Å². The zero-order valence-corrected chi connectivity index (χ0v) is 12.1. The van der Waals surface area contributed by atoms with Crippen LogP contribution in [-0.4, -0.2) is 35.0 Å². The van der Waals surface area contributed by atoms with E-state index in [1.54, 1.807) is 11.8 Å².